The molecule has 0 aliphatic carbocycles. The maximum atomic E-state index is 13.3. The molecular weight excluding hydrogens is 349 g/mol. The number of benzene rings is 2. The molecule has 27 heavy (non-hydrogen) atoms. The number of hydrogen-bond acceptors (Lipinski definition) is 4. The van der Waals surface area contributed by atoms with E-state index in [0.29, 0.717) is 5.69 Å². The number of carbonyl (C=O) groups excluding carboxylic acids is 2. The highest BCUT2D eigenvalue weighted by molar-refractivity contribution is 5.94. The van der Waals surface area contributed by atoms with Crippen LogP contribution in [-0.4, -0.2) is 28.1 Å². The Morgan fingerprint density at radius 3 is 2.59 bits per heavy atom. The lowest BCUT2D eigenvalue weighted by Crippen LogP contribution is -2.44. The van der Waals surface area contributed by atoms with E-state index in [-0.39, 0.29) is 12.2 Å². The van der Waals surface area contributed by atoms with Crippen molar-refractivity contribution in [3.05, 3.63) is 77.9 Å². The molecule has 8 heteroatoms. The number of nitrogens with one attached hydrogen (secondary N) is 3. The van der Waals surface area contributed by atoms with E-state index >= 15 is 0 Å². The van der Waals surface area contributed by atoms with Gasteiger partial charge in [-0.25, -0.2) is 9.07 Å². The van der Waals surface area contributed by atoms with Gasteiger partial charge in [-0.2, -0.15) is 5.10 Å². The Bertz CT molecular complexity index is 953. The fraction of sp³-hybridized carbons (Fsp3) is 0.105. The van der Waals surface area contributed by atoms with E-state index in [1.807, 2.05) is 31.2 Å². The second-order valence-electron chi connectivity index (χ2n) is 5.85. The highest BCUT2D eigenvalue weighted by Crippen LogP contribution is 2.10. The Morgan fingerprint density at radius 1 is 1.07 bits per heavy atom. The van der Waals surface area contributed by atoms with E-state index in [2.05, 4.69) is 21.3 Å². The number of amides is 2. The molecule has 0 aliphatic rings. The van der Waals surface area contributed by atoms with Crippen molar-refractivity contribution in [2.45, 2.75) is 6.92 Å². The zero-order valence-electron chi connectivity index (χ0n) is 14.6. The number of aromatic nitrogens is 2. The van der Waals surface area contributed by atoms with Gasteiger partial charge in [0.1, 0.15) is 5.82 Å². The normalized spacial score (nSPS) is 10.3. The van der Waals surface area contributed by atoms with Gasteiger partial charge >= 0.3 is 0 Å². The third-order valence-electron chi connectivity index (χ3n) is 3.71. The first-order valence-electron chi connectivity index (χ1n) is 8.22. The van der Waals surface area contributed by atoms with Crippen LogP contribution in [0.3, 0.4) is 0 Å². The Hall–Kier alpha value is -3.68. The Kier molecular flexibility index (Phi) is 5.46. The number of aryl methyl sites for hydroxylation is 1. The maximum absolute atomic E-state index is 13.3. The SMILES string of the molecule is Cc1ccc(NCC(=O)NNC(=O)c2ccn(-c3cccc(F)c3)n2)cc1. The standard InChI is InChI=1S/C19H18FN5O2/c1-13-5-7-15(8-6-13)21-12-18(26)22-23-19(27)17-9-10-25(24-17)16-4-2-3-14(20)11-16/h2-11,21H,12H2,1H3,(H,22,26)(H,23,27). The van der Waals surface area contributed by atoms with Crippen molar-refractivity contribution in [1.82, 2.24) is 20.6 Å². The van der Waals surface area contributed by atoms with E-state index < -0.39 is 17.6 Å². The van der Waals surface area contributed by atoms with Gasteiger partial charge in [0.05, 0.1) is 12.2 Å². The first-order valence-corrected chi connectivity index (χ1v) is 8.22. The minimum atomic E-state index is -0.575. The molecule has 0 atom stereocenters. The van der Waals surface area contributed by atoms with Crippen molar-refractivity contribution >= 4 is 17.5 Å². The van der Waals surface area contributed by atoms with Crippen LogP contribution >= 0.6 is 0 Å². The summed E-state index contributed by atoms with van der Waals surface area (Å²) in [7, 11) is 0. The number of anilines is 1. The van der Waals surface area contributed by atoms with Crippen molar-refractivity contribution < 1.29 is 14.0 Å². The van der Waals surface area contributed by atoms with Crippen molar-refractivity contribution in [2.24, 2.45) is 0 Å². The van der Waals surface area contributed by atoms with Crippen molar-refractivity contribution in [3.63, 3.8) is 0 Å². The summed E-state index contributed by atoms with van der Waals surface area (Å²) in [6.45, 7) is 1.97. The molecule has 0 radical (unpaired) electrons. The van der Waals surface area contributed by atoms with Crippen LogP contribution in [0.1, 0.15) is 16.1 Å². The summed E-state index contributed by atoms with van der Waals surface area (Å²) in [4.78, 5) is 23.9. The molecule has 0 unspecified atom stereocenters. The predicted molar refractivity (Wildman–Crippen MR) is 98.8 cm³/mol. The van der Waals surface area contributed by atoms with Gasteiger partial charge in [-0.05, 0) is 43.3 Å². The lowest BCUT2D eigenvalue weighted by Gasteiger charge is -2.08. The second kappa shape index (κ2) is 8.13. The summed E-state index contributed by atoms with van der Waals surface area (Å²) in [5.74, 6) is -1.38. The predicted octanol–water partition coefficient (Wildman–Crippen LogP) is 2.19. The Labute approximate surface area is 155 Å². The topological polar surface area (TPSA) is 88.0 Å². The summed E-state index contributed by atoms with van der Waals surface area (Å²) in [5, 5.41) is 7.02. The summed E-state index contributed by atoms with van der Waals surface area (Å²) in [6.07, 6.45) is 1.53. The van der Waals surface area contributed by atoms with Crippen LogP contribution in [0.25, 0.3) is 5.69 Å². The molecule has 2 aromatic carbocycles. The first kappa shape index (κ1) is 18.1. The number of hydrazine groups is 1. The number of hydrogen-bond donors (Lipinski definition) is 3. The number of nitrogens with zero attached hydrogens (tertiary/aromatic N) is 2. The van der Waals surface area contributed by atoms with Crippen LogP contribution in [0, 0.1) is 12.7 Å². The lowest BCUT2D eigenvalue weighted by atomic mass is 10.2. The summed E-state index contributed by atoms with van der Waals surface area (Å²) >= 11 is 0. The molecule has 3 rings (SSSR count). The van der Waals surface area contributed by atoms with Crippen LogP contribution in [0.15, 0.2) is 60.8 Å². The van der Waals surface area contributed by atoms with Gasteiger partial charge in [0, 0.05) is 11.9 Å². The van der Waals surface area contributed by atoms with Gasteiger partial charge in [0.25, 0.3) is 11.8 Å². The molecule has 7 nitrogen and oxygen atoms in total. The van der Waals surface area contributed by atoms with E-state index in [1.54, 1.807) is 12.1 Å². The monoisotopic (exact) mass is 367 g/mol. The molecule has 3 aromatic rings. The van der Waals surface area contributed by atoms with E-state index in [0.717, 1.165) is 11.3 Å². The van der Waals surface area contributed by atoms with Crippen LogP contribution in [0.4, 0.5) is 10.1 Å². The molecule has 0 aliphatic heterocycles. The molecule has 0 saturated carbocycles. The zero-order chi connectivity index (χ0) is 19.2. The second-order valence-corrected chi connectivity index (χ2v) is 5.85. The average Bonchev–Trinajstić information content (AvgIpc) is 3.16. The largest absolute Gasteiger partial charge is 0.376 e. The van der Waals surface area contributed by atoms with Crippen molar-refractivity contribution in [2.75, 3.05) is 11.9 Å². The molecule has 138 valence electrons. The maximum Gasteiger partial charge on any atom is 0.290 e. The fourth-order valence-corrected chi connectivity index (χ4v) is 2.30. The molecule has 2 amide bonds. The van der Waals surface area contributed by atoms with Gasteiger partial charge in [0.15, 0.2) is 5.69 Å². The quantitative estimate of drug-likeness (QED) is 0.603. The van der Waals surface area contributed by atoms with Gasteiger partial charge < -0.3 is 5.32 Å². The van der Waals surface area contributed by atoms with Crippen molar-refractivity contribution in [1.29, 1.82) is 0 Å². The highest BCUT2D eigenvalue weighted by Gasteiger charge is 2.11. The van der Waals surface area contributed by atoms with Crippen LogP contribution in [0.2, 0.25) is 0 Å². The molecule has 0 bridgehead atoms. The van der Waals surface area contributed by atoms with Gasteiger partial charge in [-0.15, -0.1) is 0 Å². The Morgan fingerprint density at radius 2 is 1.85 bits per heavy atom. The number of rotatable bonds is 5. The number of carbonyl (C=O) groups is 2. The van der Waals surface area contributed by atoms with E-state index in [4.69, 9.17) is 0 Å². The number of halogens is 1. The molecular formula is C19H18FN5O2. The minimum absolute atomic E-state index is 0.00107. The average molecular weight is 367 g/mol. The lowest BCUT2D eigenvalue weighted by molar-refractivity contribution is -0.120. The molecule has 3 N–H and O–H groups in total. The smallest absolute Gasteiger partial charge is 0.290 e. The molecule has 1 heterocycles. The zero-order valence-corrected chi connectivity index (χ0v) is 14.6. The third-order valence-corrected chi connectivity index (χ3v) is 3.71. The minimum Gasteiger partial charge on any atom is -0.376 e. The van der Waals surface area contributed by atoms with Gasteiger partial charge in [0.2, 0.25) is 0 Å². The summed E-state index contributed by atoms with van der Waals surface area (Å²) in [6, 6.07) is 14.9. The van der Waals surface area contributed by atoms with Gasteiger partial charge in [-0.1, -0.05) is 23.8 Å². The molecule has 0 fully saturated rings. The van der Waals surface area contributed by atoms with Crippen LogP contribution < -0.4 is 16.2 Å². The highest BCUT2D eigenvalue weighted by atomic mass is 19.1. The molecule has 0 saturated heterocycles. The summed E-state index contributed by atoms with van der Waals surface area (Å²) in [5.41, 5.74) is 7.10. The van der Waals surface area contributed by atoms with E-state index in [9.17, 15) is 14.0 Å². The van der Waals surface area contributed by atoms with E-state index in [1.165, 1.54) is 29.1 Å². The first-order chi connectivity index (χ1) is 13.0. The molecule has 0 spiro atoms. The third kappa shape index (κ3) is 4.91. The van der Waals surface area contributed by atoms with Crippen LogP contribution in [0.5, 0.6) is 0 Å². The fourth-order valence-electron chi connectivity index (χ4n) is 2.30. The summed E-state index contributed by atoms with van der Waals surface area (Å²) < 4.78 is 14.6. The van der Waals surface area contributed by atoms with Gasteiger partial charge in [-0.3, -0.25) is 20.4 Å². The molecule has 1 aromatic heterocycles. The van der Waals surface area contributed by atoms with Crippen molar-refractivity contribution in [3.8, 4) is 5.69 Å². The van der Waals surface area contributed by atoms with Crippen LogP contribution in [-0.2, 0) is 4.79 Å². The Balaban J connectivity index is 1.50.